The molecule has 0 bridgehead atoms. The van der Waals surface area contributed by atoms with Gasteiger partial charge in [-0.25, -0.2) is 0 Å². The van der Waals surface area contributed by atoms with Crippen molar-refractivity contribution in [2.24, 2.45) is 0 Å². The van der Waals surface area contributed by atoms with E-state index < -0.39 is 18.4 Å². The Hall–Kier alpha value is 0.459. The standard InChI is InChI=1S/C7H13O2.2C4H9.C3H7.Sn/c1-4-7(8-5-2)9-6-3;2*1-3-4-2;1-3-2;/h7H,1,5-6H2,2-3H3;2*1,3-4H2,2H3;1,3H2,2H3;. The quantitative estimate of drug-likeness (QED) is 0.263. The van der Waals surface area contributed by atoms with Gasteiger partial charge in [0, 0.05) is 0 Å². The Balaban J connectivity index is 5.20. The Morgan fingerprint density at radius 1 is 0.810 bits per heavy atom. The molecule has 126 valence electrons. The second-order valence-electron chi connectivity index (χ2n) is 6.01. The Bertz CT molecular complexity index is 252. The molecule has 0 atom stereocenters. The SMILES string of the molecule is C=[C](C(OCC)OCC)[Sn]([CH2]CC)([CH2]CCC)[CH2]CCC. The predicted molar refractivity (Wildman–Crippen MR) is 96.5 cm³/mol. The predicted octanol–water partition coefficient (Wildman–Crippen LogP) is 5.94. The van der Waals surface area contributed by atoms with Crippen LogP contribution in [0.25, 0.3) is 0 Å². The molecular formula is C18H38O2Sn. The van der Waals surface area contributed by atoms with Gasteiger partial charge in [-0.2, -0.15) is 0 Å². The summed E-state index contributed by atoms with van der Waals surface area (Å²) >= 11 is -2.40. The molecule has 0 aliphatic carbocycles. The van der Waals surface area contributed by atoms with Gasteiger partial charge in [-0.3, -0.25) is 0 Å². The number of rotatable bonds is 14. The number of ether oxygens (including phenoxy) is 2. The first kappa shape index (κ1) is 21.5. The maximum absolute atomic E-state index is 5.89. The second-order valence-corrected chi connectivity index (χ2v) is 19.4. The first-order valence-corrected chi connectivity index (χ1v) is 16.5. The average Bonchev–Trinajstić information content (AvgIpc) is 2.49. The normalized spacial score (nSPS) is 12.1. The van der Waals surface area contributed by atoms with Gasteiger partial charge in [-0.1, -0.05) is 0 Å². The summed E-state index contributed by atoms with van der Waals surface area (Å²) in [7, 11) is 0. The third kappa shape index (κ3) is 7.51. The van der Waals surface area contributed by atoms with Crippen LogP contribution in [0.3, 0.4) is 0 Å². The van der Waals surface area contributed by atoms with Crippen LogP contribution in [0.1, 0.15) is 66.7 Å². The van der Waals surface area contributed by atoms with Crippen LogP contribution in [0.4, 0.5) is 0 Å². The van der Waals surface area contributed by atoms with E-state index in [0.29, 0.717) is 13.2 Å². The van der Waals surface area contributed by atoms with E-state index in [1.807, 2.05) is 0 Å². The molecule has 0 unspecified atom stereocenters. The van der Waals surface area contributed by atoms with Crippen LogP contribution < -0.4 is 0 Å². The van der Waals surface area contributed by atoms with Crippen molar-refractivity contribution in [3.05, 3.63) is 10.2 Å². The summed E-state index contributed by atoms with van der Waals surface area (Å²) in [6.07, 6.45) is 6.42. The van der Waals surface area contributed by atoms with Crippen molar-refractivity contribution in [1.29, 1.82) is 0 Å². The second kappa shape index (κ2) is 12.9. The van der Waals surface area contributed by atoms with Gasteiger partial charge in [0.25, 0.3) is 0 Å². The summed E-state index contributed by atoms with van der Waals surface area (Å²) in [5.41, 5.74) is 0. The molecule has 0 aromatic heterocycles. The maximum atomic E-state index is 5.89. The van der Waals surface area contributed by atoms with Gasteiger partial charge in [0.05, 0.1) is 0 Å². The molecule has 0 radical (unpaired) electrons. The van der Waals surface area contributed by atoms with Crippen molar-refractivity contribution in [2.75, 3.05) is 13.2 Å². The van der Waals surface area contributed by atoms with E-state index in [4.69, 9.17) is 9.47 Å². The molecule has 0 amide bonds. The van der Waals surface area contributed by atoms with Gasteiger partial charge in [0.2, 0.25) is 0 Å². The van der Waals surface area contributed by atoms with Crippen LogP contribution in [0.5, 0.6) is 0 Å². The van der Waals surface area contributed by atoms with Crippen LogP contribution in [0.15, 0.2) is 10.2 Å². The molecule has 0 saturated carbocycles. The zero-order valence-electron chi connectivity index (χ0n) is 15.2. The van der Waals surface area contributed by atoms with Crippen LogP contribution >= 0.6 is 0 Å². The summed E-state index contributed by atoms with van der Waals surface area (Å²) < 4.78 is 17.4. The van der Waals surface area contributed by atoms with E-state index in [1.54, 1.807) is 0 Å². The molecule has 0 aromatic carbocycles. The van der Waals surface area contributed by atoms with Crippen molar-refractivity contribution in [1.82, 2.24) is 0 Å². The monoisotopic (exact) mass is 406 g/mol. The minimum atomic E-state index is -2.40. The molecule has 0 aliphatic heterocycles. The molecule has 0 aliphatic rings. The summed E-state index contributed by atoms with van der Waals surface area (Å²) in [6, 6.07) is 0. The van der Waals surface area contributed by atoms with Crippen LogP contribution in [-0.2, 0) is 9.47 Å². The Morgan fingerprint density at radius 2 is 1.29 bits per heavy atom. The van der Waals surface area contributed by atoms with Crippen molar-refractivity contribution >= 4 is 18.4 Å². The van der Waals surface area contributed by atoms with Crippen molar-refractivity contribution in [2.45, 2.75) is 86.3 Å². The molecule has 0 fully saturated rings. The zero-order chi connectivity index (χ0) is 16.1. The summed E-state index contributed by atoms with van der Waals surface area (Å²) in [5.74, 6) is 0. The first-order chi connectivity index (χ1) is 10.1. The van der Waals surface area contributed by atoms with Crippen LogP contribution in [-0.4, -0.2) is 37.9 Å². The van der Waals surface area contributed by atoms with Gasteiger partial charge in [0.15, 0.2) is 0 Å². The summed E-state index contributed by atoms with van der Waals surface area (Å²) in [4.78, 5) is 0. The minimum absolute atomic E-state index is 0.143. The van der Waals surface area contributed by atoms with E-state index in [-0.39, 0.29) is 6.29 Å². The molecular weight excluding hydrogens is 367 g/mol. The Kier molecular flexibility index (Phi) is 13.2. The molecule has 2 nitrogen and oxygen atoms in total. The molecule has 0 heterocycles. The molecule has 3 heteroatoms. The Labute approximate surface area is 137 Å². The third-order valence-corrected chi connectivity index (χ3v) is 20.5. The summed E-state index contributed by atoms with van der Waals surface area (Å²) in [5, 5.41) is 0. The first-order valence-electron chi connectivity index (χ1n) is 9.04. The number of hydrogen-bond donors (Lipinski definition) is 0. The van der Waals surface area contributed by atoms with Gasteiger partial charge in [-0.05, 0) is 0 Å². The van der Waals surface area contributed by atoms with E-state index >= 15 is 0 Å². The fraction of sp³-hybridized carbons (Fsp3) is 0.889. The fourth-order valence-corrected chi connectivity index (χ4v) is 18.6. The molecule has 0 N–H and O–H groups in total. The Morgan fingerprint density at radius 3 is 1.62 bits per heavy atom. The van der Waals surface area contributed by atoms with Crippen molar-refractivity contribution in [3.8, 4) is 0 Å². The van der Waals surface area contributed by atoms with Crippen molar-refractivity contribution in [3.63, 3.8) is 0 Å². The average molecular weight is 405 g/mol. The third-order valence-electron chi connectivity index (χ3n) is 4.35. The van der Waals surface area contributed by atoms with Gasteiger partial charge >= 0.3 is 138 Å². The zero-order valence-corrected chi connectivity index (χ0v) is 18.0. The van der Waals surface area contributed by atoms with E-state index in [2.05, 4.69) is 41.2 Å². The number of hydrogen-bond acceptors (Lipinski definition) is 2. The molecule has 0 aromatic rings. The van der Waals surface area contributed by atoms with Gasteiger partial charge in [0.1, 0.15) is 0 Å². The van der Waals surface area contributed by atoms with E-state index in [9.17, 15) is 0 Å². The summed E-state index contributed by atoms with van der Waals surface area (Å²) in [6.45, 7) is 17.0. The molecule has 0 rings (SSSR count). The van der Waals surface area contributed by atoms with Gasteiger partial charge in [-0.15, -0.1) is 0 Å². The molecule has 0 saturated heterocycles. The van der Waals surface area contributed by atoms with Crippen LogP contribution in [0, 0.1) is 0 Å². The molecule has 0 spiro atoms. The van der Waals surface area contributed by atoms with Gasteiger partial charge < -0.3 is 0 Å². The van der Waals surface area contributed by atoms with Crippen LogP contribution in [0.2, 0.25) is 13.3 Å². The molecule has 21 heavy (non-hydrogen) atoms. The van der Waals surface area contributed by atoms with E-state index in [0.717, 1.165) is 0 Å². The van der Waals surface area contributed by atoms with E-state index in [1.165, 1.54) is 49.0 Å². The topological polar surface area (TPSA) is 18.5 Å². The number of unbranched alkanes of at least 4 members (excludes halogenated alkanes) is 2. The fourth-order valence-electron chi connectivity index (χ4n) is 3.17. The van der Waals surface area contributed by atoms with Crippen molar-refractivity contribution < 1.29 is 9.47 Å².